The Morgan fingerprint density at radius 2 is 1.83 bits per heavy atom. The molecule has 0 unspecified atom stereocenters. The Labute approximate surface area is 176 Å². The number of aromatic nitrogens is 1. The lowest BCUT2D eigenvalue weighted by atomic mass is 9.90. The van der Waals surface area contributed by atoms with Crippen molar-refractivity contribution in [2.45, 2.75) is 25.0 Å². The van der Waals surface area contributed by atoms with Gasteiger partial charge in [-0.3, -0.25) is 4.79 Å². The number of anilines is 1. The number of nitrogen functional groups attached to an aromatic ring is 1. The van der Waals surface area contributed by atoms with Crippen LogP contribution in [-0.2, 0) is 6.54 Å². The molecule has 8 heteroatoms. The molecule has 1 aromatic carbocycles. The molecule has 1 saturated heterocycles. The maximum Gasteiger partial charge on any atom is 0.319 e. The number of carbonyl (C=O) groups excluding carboxylic acids is 2. The summed E-state index contributed by atoms with van der Waals surface area (Å²) >= 11 is 0. The number of ether oxygens (including phenoxy) is 1. The van der Waals surface area contributed by atoms with Gasteiger partial charge in [-0.15, -0.1) is 0 Å². The molecule has 0 saturated carbocycles. The Kier molecular flexibility index (Phi) is 5.24. The topological polar surface area (TPSA) is 92.0 Å². The Bertz CT molecular complexity index is 936. The van der Waals surface area contributed by atoms with Gasteiger partial charge >= 0.3 is 6.03 Å². The van der Waals surface area contributed by atoms with Crippen molar-refractivity contribution in [3.8, 4) is 5.75 Å². The fourth-order valence-electron chi connectivity index (χ4n) is 4.12. The van der Waals surface area contributed by atoms with Crippen molar-refractivity contribution in [2.75, 3.05) is 39.5 Å². The van der Waals surface area contributed by atoms with Gasteiger partial charge in [-0.1, -0.05) is 18.2 Å². The first-order valence-corrected chi connectivity index (χ1v) is 10.1. The lowest BCUT2D eigenvalue weighted by Gasteiger charge is -2.43. The first-order chi connectivity index (χ1) is 14.4. The first-order valence-electron chi connectivity index (χ1n) is 10.1. The van der Waals surface area contributed by atoms with Crippen LogP contribution in [0.3, 0.4) is 0 Å². The summed E-state index contributed by atoms with van der Waals surface area (Å²) in [5, 5.41) is 0. The van der Waals surface area contributed by atoms with Crippen molar-refractivity contribution in [3.05, 3.63) is 53.7 Å². The quantitative estimate of drug-likeness (QED) is 0.780. The summed E-state index contributed by atoms with van der Waals surface area (Å²) in [7, 11) is 3.52. The minimum absolute atomic E-state index is 0.0406. The number of likely N-dealkylation sites (tertiary alicyclic amines) is 1. The molecule has 2 aliphatic heterocycles. The van der Waals surface area contributed by atoms with E-state index in [1.807, 2.05) is 34.1 Å². The van der Waals surface area contributed by atoms with Gasteiger partial charge in [0.1, 0.15) is 17.2 Å². The molecule has 0 radical (unpaired) electrons. The average molecular weight is 409 g/mol. The van der Waals surface area contributed by atoms with Crippen LogP contribution in [-0.4, -0.2) is 71.0 Å². The van der Waals surface area contributed by atoms with E-state index in [9.17, 15) is 9.59 Å². The number of benzene rings is 1. The monoisotopic (exact) mass is 409 g/mol. The van der Waals surface area contributed by atoms with Crippen LogP contribution in [0.25, 0.3) is 0 Å². The van der Waals surface area contributed by atoms with Gasteiger partial charge in [0.05, 0.1) is 18.7 Å². The Balaban J connectivity index is 1.54. The van der Waals surface area contributed by atoms with E-state index in [-0.39, 0.29) is 11.9 Å². The number of nitrogens with zero attached hydrogens (tertiary/aromatic N) is 4. The van der Waals surface area contributed by atoms with E-state index >= 15 is 0 Å². The molecule has 8 nitrogen and oxygen atoms in total. The molecular weight excluding hydrogens is 382 g/mol. The predicted molar refractivity (Wildman–Crippen MR) is 113 cm³/mol. The average Bonchev–Trinajstić information content (AvgIpc) is 2.90. The van der Waals surface area contributed by atoms with E-state index in [2.05, 4.69) is 4.98 Å². The number of rotatable bonds is 1. The fourth-order valence-corrected chi connectivity index (χ4v) is 4.12. The molecule has 2 N–H and O–H groups in total. The normalized spacial score (nSPS) is 17.7. The second kappa shape index (κ2) is 7.85. The van der Waals surface area contributed by atoms with Crippen molar-refractivity contribution in [1.29, 1.82) is 0 Å². The SMILES string of the molecule is CN(C)C(=O)N1Cc2ccccc2OC2(CCN(C(=O)c3ccc(N)nc3)CC2)C1. The number of nitrogens with two attached hydrogens (primary N) is 1. The van der Waals surface area contributed by atoms with Crippen LogP contribution >= 0.6 is 0 Å². The minimum Gasteiger partial charge on any atom is -0.485 e. The maximum absolute atomic E-state index is 12.8. The Morgan fingerprint density at radius 1 is 1.10 bits per heavy atom. The summed E-state index contributed by atoms with van der Waals surface area (Å²) < 4.78 is 6.52. The summed E-state index contributed by atoms with van der Waals surface area (Å²) in [5.41, 5.74) is 6.62. The third-order valence-corrected chi connectivity index (χ3v) is 5.79. The van der Waals surface area contributed by atoms with Gasteiger partial charge in [-0.2, -0.15) is 0 Å². The molecule has 158 valence electrons. The lowest BCUT2D eigenvalue weighted by molar-refractivity contribution is -0.00951. The number of piperidine rings is 1. The van der Waals surface area contributed by atoms with Crippen LogP contribution in [0.5, 0.6) is 5.75 Å². The molecular formula is C22H27N5O3. The largest absolute Gasteiger partial charge is 0.485 e. The molecule has 2 aromatic rings. The van der Waals surface area contributed by atoms with Crippen LogP contribution in [0.15, 0.2) is 42.6 Å². The highest BCUT2D eigenvalue weighted by Gasteiger charge is 2.43. The van der Waals surface area contributed by atoms with E-state index in [0.717, 1.165) is 11.3 Å². The zero-order valence-corrected chi connectivity index (χ0v) is 17.4. The molecule has 0 bridgehead atoms. The van der Waals surface area contributed by atoms with Crippen molar-refractivity contribution >= 4 is 17.8 Å². The predicted octanol–water partition coefficient (Wildman–Crippen LogP) is 2.21. The van der Waals surface area contributed by atoms with Crippen LogP contribution in [0, 0.1) is 0 Å². The number of pyridine rings is 1. The molecule has 3 amide bonds. The summed E-state index contributed by atoms with van der Waals surface area (Å²) in [6, 6.07) is 11.2. The van der Waals surface area contributed by atoms with Gasteiger partial charge in [-0.25, -0.2) is 9.78 Å². The zero-order valence-electron chi connectivity index (χ0n) is 17.4. The Hall–Kier alpha value is -3.29. The van der Waals surface area contributed by atoms with Crippen LogP contribution in [0.2, 0.25) is 0 Å². The highest BCUT2D eigenvalue weighted by atomic mass is 16.5. The highest BCUT2D eigenvalue weighted by Crippen LogP contribution is 2.36. The summed E-state index contributed by atoms with van der Waals surface area (Å²) in [6.07, 6.45) is 2.80. The molecule has 1 fully saturated rings. The van der Waals surface area contributed by atoms with E-state index < -0.39 is 5.60 Å². The second-order valence-electron chi connectivity index (χ2n) is 8.19. The van der Waals surface area contributed by atoms with Crippen molar-refractivity contribution in [3.63, 3.8) is 0 Å². The van der Waals surface area contributed by atoms with Gasteiger partial charge in [0, 0.05) is 51.8 Å². The summed E-state index contributed by atoms with van der Waals surface area (Å²) in [4.78, 5) is 34.9. The fraction of sp³-hybridized carbons (Fsp3) is 0.409. The number of hydrogen-bond donors (Lipinski definition) is 1. The molecule has 1 spiro atoms. The number of urea groups is 1. The zero-order chi connectivity index (χ0) is 21.3. The van der Waals surface area contributed by atoms with E-state index in [4.69, 9.17) is 10.5 Å². The van der Waals surface area contributed by atoms with Crippen LogP contribution < -0.4 is 10.5 Å². The maximum atomic E-state index is 12.8. The third-order valence-electron chi connectivity index (χ3n) is 5.79. The van der Waals surface area contributed by atoms with Crippen LogP contribution in [0.1, 0.15) is 28.8 Å². The molecule has 0 aliphatic carbocycles. The number of hydrogen-bond acceptors (Lipinski definition) is 5. The molecule has 2 aliphatic rings. The minimum atomic E-state index is -0.519. The summed E-state index contributed by atoms with van der Waals surface area (Å²) in [5.74, 6) is 1.14. The van der Waals surface area contributed by atoms with Crippen LogP contribution in [0.4, 0.5) is 10.6 Å². The molecule has 4 rings (SSSR count). The molecule has 30 heavy (non-hydrogen) atoms. The second-order valence-corrected chi connectivity index (χ2v) is 8.19. The first kappa shape index (κ1) is 20.0. The van der Waals surface area contributed by atoms with Crippen molar-refractivity contribution in [1.82, 2.24) is 19.7 Å². The van der Waals surface area contributed by atoms with Gasteiger partial charge in [0.25, 0.3) is 5.91 Å². The summed E-state index contributed by atoms with van der Waals surface area (Å²) in [6.45, 7) is 2.10. The highest BCUT2D eigenvalue weighted by molar-refractivity contribution is 5.94. The van der Waals surface area contributed by atoms with Gasteiger partial charge in [0.15, 0.2) is 0 Å². The van der Waals surface area contributed by atoms with E-state index in [1.165, 1.54) is 6.20 Å². The number of para-hydroxylation sites is 1. The van der Waals surface area contributed by atoms with E-state index in [1.54, 1.807) is 31.1 Å². The Morgan fingerprint density at radius 3 is 2.50 bits per heavy atom. The smallest absolute Gasteiger partial charge is 0.319 e. The lowest BCUT2D eigenvalue weighted by Crippen LogP contribution is -2.56. The number of carbonyl (C=O) groups is 2. The number of amides is 3. The van der Waals surface area contributed by atoms with Crippen molar-refractivity contribution < 1.29 is 14.3 Å². The molecule has 1 aromatic heterocycles. The van der Waals surface area contributed by atoms with Crippen molar-refractivity contribution in [2.24, 2.45) is 0 Å². The standard InChI is InChI=1S/C22H27N5O3/c1-25(2)21(29)27-14-17-5-3-4-6-18(17)30-22(15-27)9-11-26(12-10-22)20(28)16-7-8-19(23)24-13-16/h3-8,13H,9-12,14-15H2,1-2H3,(H2,23,24). The van der Waals surface area contributed by atoms with Gasteiger partial charge < -0.3 is 25.2 Å². The van der Waals surface area contributed by atoms with Gasteiger partial charge in [-0.05, 0) is 18.2 Å². The molecule has 3 heterocycles. The molecule has 0 atom stereocenters. The third kappa shape index (κ3) is 3.90. The number of fused-ring (bicyclic) bond motifs is 1. The van der Waals surface area contributed by atoms with E-state index in [0.29, 0.717) is 50.4 Å². The van der Waals surface area contributed by atoms with Gasteiger partial charge in [0.2, 0.25) is 0 Å².